The van der Waals surface area contributed by atoms with Crippen molar-refractivity contribution in [2.75, 3.05) is 5.73 Å². The van der Waals surface area contributed by atoms with Crippen LogP contribution >= 0.6 is 11.8 Å². The molecule has 2 heterocycles. The number of nitrogens with zero attached hydrogens (tertiary/aromatic N) is 3. The van der Waals surface area contributed by atoms with Gasteiger partial charge in [-0.1, -0.05) is 12.1 Å². The highest BCUT2D eigenvalue weighted by Crippen LogP contribution is 2.23. The molecule has 0 amide bonds. The summed E-state index contributed by atoms with van der Waals surface area (Å²) < 4.78 is 1.99. The van der Waals surface area contributed by atoms with E-state index < -0.39 is 0 Å². The first kappa shape index (κ1) is 12.7. The zero-order valence-corrected chi connectivity index (χ0v) is 11.6. The summed E-state index contributed by atoms with van der Waals surface area (Å²) >= 11 is 1.75. The molecule has 0 atom stereocenters. The molecule has 0 bridgehead atoms. The lowest BCUT2D eigenvalue weighted by Gasteiger charge is -2.05. The average molecular weight is 282 g/mol. The maximum Gasteiger partial charge on any atom is 0.123 e. The van der Waals surface area contributed by atoms with Gasteiger partial charge in [-0.3, -0.25) is 0 Å². The Kier molecular flexibility index (Phi) is 3.69. The van der Waals surface area contributed by atoms with E-state index in [-0.39, 0.29) is 0 Å². The predicted molar refractivity (Wildman–Crippen MR) is 81.8 cm³/mol. The minimum Gasteiger partial charge on any atom is -0.384 e. The summed E-state index contributed by atoms with van der Waals surface area (Å²) in [6.45, 7) is 0. The van der Waals surface area contributed by atoms with Gasteiger partial charge >= 0.3 is 0 Å². The van der Waals surface area contributed by atoms with E-state index in [1.807, 2.05) is 22.9 Å². The second-order valence-corrected chi connectivity index (χ2v) is 5.39. The van der Waals surface area contributed by atoms with E-state index in [0.717, 1.165) is 16.3 Å². The Hall–Kier alpha value is -2.27. The molecule has 0 unspecified atom stereocenters. The van der Waals surface area contributed by atoms with Crippen LogP contribution in [0.2, 0.25) is 0 Å². The van der Waals surface area contributed by atoms with Gasteiger partial charge in [0, 0.05) is 34.9 Å². The number of imidazole rings is 1. The molecule has 3 rings (SSSR count). The predicted octanol–water partition coefficient (Wildman–Crippen LogP) is 3.14. The number of hydrogen-bond acceptors (Lipinski definition) is 4. The molecule has 1 aromatic carbocycles. The number of aromatic nitrogens is 3. The van der Waals surface area contributed by atoms with E-state index >= 15 is 0 Å². The molecule has 0 aliphatic heterocycles. The molecule has 0 radical (unpaired) electrons. The van der Waals surface area contributed by atoms with Crippen LogP contribution in [-0.2, 0) is 5.75 Å². The van der Waals surface area contributed by atoms with Gasteiger partial charge in [0.25, 0.3) is 0 Å². The third-order valence-electron chi connectivity index (χ3n) is 2.90. The molecule has 0 spiro atoms. The fourth-order valence-corrected chi connectivity index (χ4v) is 2.64. The van der Waals surface area contributed by atoms with Crippen molar-refractivity contribution in [3.63, 3.8) is 0 Å². The van der Waals surface area contributed by atoms with Gasteiger partial charge in [0.1, 0.15) is 5.82 Å². The highest BCUT2D eigenvalue weighted by Gasteiger charge is 1.99. The molecule has 20 heavy (non-hydrogen) atoms. The van der Waals surface area contributed by atoms with Gasteiger partial charge in [0.15, 0.2) is 0 Å². The maximum absolute atomic E-state index is 5.57. The van der Waals surface area contributed by atoms with Crippen molar-refractivity contribution in [2.45, 2.75) is 10.6 Å². The number of nitrogens with two attached hydrogens (primary N) is 1. The van der Waals surface area contributed by atoms with E-state index in [1.54, 1.807) is 30.5 Å². The Morgan fingerprint density at radius 1 is 1.10 bits per heavy atom. The van der Waals surface area contributed by atoms with Crippen LogP contribution in [0.4, 0.5) is 5.82 Å². The Morgan fingerprint density at radius 3 is 2.60 bits per heavy atom. The first-order chi connectivity index (χ1) is 9.81. The number of nitrogen functional groups attached to an aromatic ring is 1. The van der Waals surface area contributed by atoms with E-state index in [2.05, 4.69) is 34.2 Å². The minimum atomic E-state index is 0.555. The molecule has 0 saturated heterocycles. The number of anilines is 1. The van der Waals surface area contributed by atoms with Crippen LogP contribution in [0.25, 0.3) is 5.69 Å². The first-order valence-electron chi connectivity index (χ1n) is 6.23. The molecule has 0 fully saturated rings. The standard InChI is InChI=1S/C15H14N4S/c16-15-6-5-14(9-18-15)20-10-12-1-3-13(4-2-12)19-8-7-17-11-19/h1-9,11H,10H2,(H2,16,18). The van der Waals surface area contributed by atoms with Crippen LogP contribution in [0.3, 0.4) is 0 Å². The van der Waals surface area contributed by atoms with Gasteiger partial charge in [-0.05, 0) is 29.8 Å². The van der Waals surface area contributed by atoms with Gasteiger partial charge in [-0.15, -0.1) is 11.8 Å². The fourth-order valence-electron chi connectivity index (χ4n) is 1.82. The molecular formula is C15H14N4S. The van der Waals surface area contributed by atoms with Crippen LogP contribution < -0.4 is 5.73 Å². The number of thioether (sulfide) groups is 1. The Bertz CT molecular complexity index is 660. The van der Waals surface area contributed by atoms with Crippen molar-refractivity contribution < 1.29 is 0 Å². The van der Waals surface area contributed by atoms with Crippen molar-refractivity contribution in [3.8, 4) is 5.69 Å². The smallest absolute Gasteiger partial charge is 0.123 e. The molecule has 3 aromatic rings. The quantitative estimate of drug-likeness (QED) is 0.747. The van der Waals surface area contributed by atoms with Crippen LogP contribution in [0.5, 0.6) is 0 Å². The number of rotatable bonds is 4. The summed E-state index contributed by atoms with van der Waals surface area (Å²) in [6, 6.07) is 12.3. The van der Waals surface area contributed by atoms with Gasteiger partial charge < -0.3 is 10.3 Å². The first-order valence-corrected chi connectivity index (χ1v) is 7.21. The highest BCUT2D eigenvalue weighted by atomic mass is 32.2. The molecule has 0 aliphatic carbocycles. The largest absolute Gasteiger partial charge is 0.384 e. The van der Waals surface area contributed by atoms with Crippen LogP contribution in [-0.4, -0.2) is 14.5 Å². The summed E-state index contributed by atoms with van der Waals surface area (Å²) in [5.41, 5.74) is 7.96. The summed E-state index contributed by atoms with van der Waals surface area (Å²) in [6.07, 6.45) is 7.31. The highest BCUT2D eigenvalue weighted by molar-refractivity contribution is 7.98. The summed E-state index contributed by atoms with van der Waals surface area (Å²) in [4.78, 5) is 9.25. The SMILES string of the molecule is Nc1ccc(SCc2ccc(-n3ccnc3)cc2)cn1. The zero-order valence-electron chi connectivity index (χ0n) is 10.8. The molecule has 100 valence electrons. The van der Waals surface area contributed by atoms with Gasteiger partial charge in [0.05, 0.1) is 6.33 Å². The Morgan fingerprint density at radius 2 is 1.95 bits per heavy atom. The molecule has 0 aliphatic rings. The van der Waals surface area contributed by atoms with Gasteiger partial charge in [-0.2, -0.15) is 0 Å². The number of benzene rings is 1. The second-order valence-electron chi connectivity index (χ2n) is 4.34. The van der Waals surface area contributed by atoms with Crippen LogP contribution in [0, 0.1) is 0 Å². The monoisotopic (exact) mass is 282 g/mol. The average Bonchev–Trinajstić information content (AvgIpc) is 3.01. The third kappa shape index (κ3) is 3.00. The van der Waals surface area contributed by atoms with Crippen molar-refractivity contribution in [1.82, 2.24) is 14.5 Å². The van der Waals surface area contributed by atoms with Crippen molar-refractivity contribution in [2.24, 2.45) is 0 Å². The van der Waals surface area contributed by atoms with Gasteiger partial charge in [-0.25, -0.2) is 9.97 Å². The Balaban J connectivity index is 1.65. The van der Waals surface area contributed by atoms with Crippen molar-refractivity contribution in [1.29, 1.82) is 0 Å². The summed E-state index contributed by atoms with van der Waals surface area (Å²) in [7, 11) is 0. The lowest BCUT2D eigenvalue weighted by atomic mass is 10.2. The van der Waals surface area contributed by atoms with E-state index in [9.17, 15) is 0 Å². The maximum atomic E-state index is 5.57. The fraction of sp³-hybridized carbons (Fsp3) is 0.0667. The molecule has 2 aromatic heterocycles. The molecule has 0 saturated carbocycles. The summed E-state index contributed by atoms with van der Waals surface area (Å²) in [5.74, 6) is 1.47. The van der Waals surface area contributed by atoms with Crippen LogP contribution in [0.1, 0.15) is 5.56 Å². The Labute approximate surface area is 121 Å². The van der Waals surface area contributed by atoms with Gasteiger partial charge in [0.2, 0.25) is 0 Å². The van der Waals surface area contributed by atoms with E-state index in [0.29, 0.717) is 5.82 Å². The van der Waals surface area contributed by atoms with E-state index in [4.69, 9.17) is 5.73 Å². The minimum absolute atomic E-state index is 0.555. The lowest BCUT2D eigenvalue weighted by molar-refractivity contribution is 1.05. The van der Waals surface area contributed by atoms with Crippen LogP contribution in [0.15, 0.2) is 66.2 Å². The lowest BCUT2D eigenvalue weighted by Crippen LogP contribution is -1.90. The van der Waals surface area contributed by atoms with Crippen molar-refractivity contribution >= 4 is 17.6 Å². The third-order valence-corrected chi connectivity index (χ3v) is 3.96. The second kappa shape index (κ2) is 5.79. The zero-order chi connectivity index (χ0) is 13.8. The van der Waals surface area contributed by atoms with Crippen molar-refractivity contribution in [3.05, 3.63) is 66.9 Å². The molecule has 2 N–H and O–H groups in total. The molecule has 4 nitrogen and oxygen atoms in total. The van der Waals surface area contributed by atoms with E-state index in [1.165, 1.54) is 5.56 Å². The number of hydrogen-bond donors (Lipinski definition) is 1. The number of pyridine rings is 1. The normalized spacial score (nSPS) is 10.6. The summed E-state index contributed by atoms with van der Waals surface area (Å²) in [5, 5.41) is 0. The molecular weight excluding hydrogens is 268 g/mol. The molecule has 5 heteroatoms. The topological polar surface area (TPSA) is 56.7 Å².